The fourth-order valence-electron chi connectivity index (χ4n) is 2.89. The lowest BCUT2D eigenvalue weighted by molar-refractivity contribution is 0.102. The molecule has 146 valence electrons. The maximum atomic E-state index is 12.7. The zero-order valence-electron chi connectivity index (χ0n) is 16.4. The van der Waals surface area contributed by atoms with Crippen LogP contribution in [0.2, 0.25) is 5.02 Å². The molecule has 1 aromatic heterocycles. The van der Waals surface area contributed by atoms with Gasteiger partial charge >= 0.3 is 0 Å². The number of carbonyl (C=O) groups excluding carboxylic acids is 1. The molecule has 0 fully saturated rings. The molecular weight excluding hydrogens is 392 g/mol. The third-order valence-corrected chi connectivity index (χ3v) is 5.91. The second kappa shape index (κ2) is 8.76. The van der Waals surface area contributed by atoms with Gasteiger partial charge in [-0.15, -0.1) is 11.3 Å². The smallest absolute Gasteiger partial charge is 0.255 e. The maximum absolute atomic E-state index is 12.7. The summed E-state index contributed by atoms with van der Waals surface area (Å²) in [5.74, 6) is 0.956. The monoisotopic (exact) mass is 414 g/mol. The first-order valence-electron chi connectivity index (χ1n) is 9.16. The van der Waals surface area contributed by atoms with Crippen LogP contribution in [-0.4, -0.2) is 18.0 Å². The van der Waals surface area contributed by atoms with Crippen LogP contribution >= 0.6 is 22.9 Å². The molecule has 0 atom stereocenters. The van der Waals surface area contributed by atoms with Gasteiger partial charge in [-0.2, -0.15) is 0 Å². The Balaban J connectivity index is 1.81. The largest absolute Gasteiger partial charge is 0.497 e. The molecule has 0 aliphatic rings. The Morgan fingerprint density at radius 3 is 2.64 bits per heavy atom. The van der Waals surface area contributed by atoms with E-state index in [4.69, 9.17) is 16.3 Å². The number of carbonyl (C=O) groups is 1. The fraction of sp³-hybridized carbons (Fsp3) is 0.273. The van der Waals surface area contributed by atoms with Crippen LogP contribution < -0.4 is 10.1 Å². The molecule has 0 aliphatic heterocycles. The lowest BCUT2D eigenvalue weighted by Crippen LogP contribution is -2.14. The van der Waals surface area contributed by atoms with Crippen molar-refractivity contribution in [2.24, 2.45) is 0 Å². The molecule has 3 aromatic rings. The van der Waals surface area contributed by atoms with E-state index < -0.39 is 0 Å². The van der Waals surface area contributed by atoms with E-state index in [-0.39, 0.29) is 5.91 Å². The molecular formula is C22H23ClN2O2S. The highest BCUT2D eigenvalue weighted by Gasteiger charge is 2.14. The highest BCUT2D eigenvalue weighted by atomic mass is 35.5. The molecule has 0 saturated carbocycles. The van der Waals surface area contributed by atoms with E-state index in [9.17, 15) is 4.79 Å². The van der Waals surface area contributed by atoms with Gasteiger partial charge in [0.1, 0.15) is 5.75 Å². The van der Waals surface area contributed by atoms with E-state index in [0.29, 0.717) is 22.2 Å². The van der Waals surface area contributed by atoms with Crippen LogP contribution in [0, 0.1) is 0 Å². The zero-order chi connectivity index (χ0) is 20.3. The number of rotatable bonds is 6. The number of amides is 1. The van der Waals surface area contributed by atoms with Crippen LogP contribution in [0.4, 0.5) is 5.69 Å². The summed E-state index contributed by atoms with van der Waals surface area (Å²) in [6.45, 7) is 6.25. The van der Waals surface area contributed by atoms with Gasteiger partial charge < -0.3 is 10.1 Å². The lowest BCUT2D eigenvalue weighted by atomic mass is 10.0. The van der Waals surface area contributed by atoms with Gasteiger partial charge in [0, 0.05) is 28.1 Å². The first-order chi connectivity index (χ1) is 13.4. The van der Waals surface area contributed by atoms with Crippen LogP contribution in [0.15, 0.2) is 41.8 Å². The standard InChI is InChI=1S/C22H23ClN2O2S/c1-5-14-10-16(27-4)7-9-17(14)21(26)24-15-6-8-18(19(23)11-15)20-12-28-22(25-20)13(2)3/h6-13H,5H2,1-4H3,(H,24,26). The number of nitrogens with one attached hydrogen (secondary N) is 1. The van der Waals surface area contributed by atoms with Crippen LogP contribution in [0.3, 0.4) is 0 Å². The van der Waals surface area contributed by atoms with Crippen molar-refractivity contribution in [2.75, 3.05) is 12.4 Å². The Morgan fingerprint density at radius 1 is 1.25 bits per heavy atom. The fourth-order valence-corrected chi connectivity index (χ4v) is 4.00. The molecule has 0 bridgehead atoms. The van der Waals surface area contributed by atoms with Gasteiger partial charge in [-0.25, -0.2) is 4.98 Å². The number of aromatic nitrogens is 1. The maximum Gasteiger partial charge on any atom is 0.255 e. The number of ether oxygens (including phenoxy) is 1. The molecule has 3 rings (SSSR count). The molecule has 1 N–H and O–H groups in total. The Labute approximate surface area is 174 Å². The average Bonchev–Trinajstić information content (AvgIpc) is 3.17. The second-order valence-corrected chi connectivity index (χ2v) is 8.05. The molecule has 2 aromatic carbocycles. The molecule has 0 unspecified atom stereocenters. The molecule has 1 heterocycles. The summed E-state index contributed by atoms with van der Waals surface area (Å²) in [7, 11) is 1.62. The number of aryl methyl sites for hydroxylation is 1. The van der Waals surface area contributed by atoms with Crippen molar-refractivity contribution >= 4 is 34.5 Å². The molecule has 28 heavy (non-hydrogen) atoms. The Morgan fingerprint density at radius 2 is 2.04 bits per heavy atom. The summed E-state index contributed by atoms with van der Waals surface area (Å²) >= 11 is 8.11. The molecule has 0 spiro atoms. The first-order valence-corrected chi connectivity index (χ1v) is 10.4. The molecule has 0 saturated heterocycles. The Bertz CT molecular complexity index is 998. The van der Waals surface area contributed by atoms with Gasteiger partial charge in [-0.05, 0) is 48.4 Å². The molecule has 0 aliphatic carbocycles. The zero-order valence-corrected chi connectivity index (χ0v) is 17.9. The number of halogens is 1. The number of hydrogen-bond acceptors (Lipinski definition) is 4. The van der Waals surface area contributed by atoms with Gasteiger partial charge in [0.2, 0.25) is 0 Å². The van der Waals surface area contributed by atoms with Crippen molar-refractivity contribution < 1.29 is 9.53 Å². The van der Waals surface area contributed by atoms with E-state index in [1.54, 1.807) is 36.6 Å². The van der Waals surface area contributed by atoms with E-state index in [1.807, 2.05) is 30.5 Å². The minimum Gasteiger partial charge on any atom is -0.497 e. The predicted molar refractivity (Wildman–Crippen MR) is 117 cm³/mol. The van der Waals surface area contributed by atoms with Gasteiger partial charge in [-0.1, -0.05) is 32.4 Å². The van der Waals surface area contributed by atoms with Gasteiger partial charge in [0.25, 0.3) is 5.91 Å². The van der Waals surface area contributed by atoms with Crippen molar-refractivity contribution in [3.63, 3.8) is 0 Å². The van der Waals surface area contributed by atoms with Crippen molar-refractivity contribution in [1.82, 2.24) is 4.98 Å². The van der Waals surface area contributed by atoms with Crippen molar-refractivity contribution in [2.45, 2.75) is 33.1 Å². The van der Waals surface area contributed by atoms with Gasteiger partial charge in [0.05, 0.1) is 22.8 Å². The summed E-state index contributed by atoms with van der Waals surface area (Å²) in [5, 5.41) is 6.58. The Kier molecular flexibility index (Phi) is 6.37. The number of methoxy groups -OCH3 is 1. The van der Waals surface area contributed by atoms with Gasteiger partial charge in [-0.3, -0.25) is 4.79 Å². The van der Waals surface area contributed by atoms with Crippen molar-refractivity contribution in [1.29, 1.82) is 0 Å². The minimum absolute atomic E-state index is 0.168. The highest BCUT2D eigenvalue weighted by Crippen LogP contribution is 2.33. The third kappa shape index (κ3) is 4.37. The molecule has 0 radical (unpaired) electrons. The number of thiazole rings is 1. The van der Waals surface area contributed by atoms with Crippen LogP contribution in [-0.2, 0) is 6.42 Å². The molecule has 6 heteroatoms. The minimum atomic E-state index is -0.168. The van der Waals surface area contributed by atoms with E-state index in [0.717, 1.165) is 34.0 Å². The summed E-state index contributed by atoms with van der Waals surface area (Å²) in [6.07, 6.45) is 0.738. The summed E-state index contributed by atoms with van der Waals surface area (Å²) < 4.78 is 5.24. The number of benzene rings is 2. The van der Waals surface area contributed by atoms with Crippen LogP contribution in [0.5, 0.6) is 5.75 Å². The Hall–Kier alpha value is -2.37. The lowest BCUT2D eigenvalue weighted by Gasteiger charge is -2.12. The number of nitrogens with zero attached hydrogens (tertiary/aromatic N) is 1. The number of hydrogen-bond donors (Lipinski definition) is 1. The van der Waals surface area contributed by atoms with Crippen molar-refractivity contribution in [3.05, 3.63) is 62.9 Å². The summed E-state index contributed by atoms with van der Waals surface area (Å²) in [5.41, 5.74) is 3.94. The average molecular weight is 415 g/mol. The van der Waals surface area contributed by atoms with E-state index in [1.165, 1.54) is 0 Å². The van der Waals surface area contributed by atoms with Crippen LogP contribution in [0.25, 0.3) is 11.3 Å². The van der Waals surface area contributed by atoms with Crippen molar-refractivity contribution in [3.8, 4) is 17.0 Å². The topological polar surface area (TPSA) is 51.2 Å². The predicted octanol–water partition coefficient (Wildman–Crippen LogP) is 6.41. The SMILES string of the molecule is CCc1cc(OC)ccc1C(=O)Nc1ccc(-c2csc(C(C)C)n2)c(Cl)c1. The second-order valence-electron chi connectivity index (χ2n) is 6.75. The quantitative estimate of drug-likeness (QED) is 0.507. The van der Waals surface area contributed by atoms with E-state index >= 15 is 0 Å². The van der Waals surface area contributed by atoms with Crippen LogP contribution in [0.1, 0.15) is 47.6 Å². The molecule has 4 nitrogen and oxygen atoms in total. The first kappa shape index (κ1) is 20.4. The highest BCUT2D eigenvalue weighted by molar-refractivity contribution is 7.10. The molecule has 1 amide bonds. The van der Waals surface area contributed by atoms with E-state index in [2.05, 4.69) is 24.1 Å². The normalized spacial score (nSPS) is 10.9. The third-order valence-electron chi connectivity index (χ3n) is 4.46. The number of anilines is 1. The summed E-state index contributed by atoms with van der Waals surface area (Å²) in [4.78, 5) is 17.4. The summed E-state index contributed by atoms with van der Waals surface area (Å²) in [6, 6.07) is 11.0. The van der Waals surface area contributed by atoms with Gasteiger partial charge in [0.15, 0.2) is 0 Å².